The molecule has 0 radical (unpaired) electrons. The molecule has 0 aromatic heterocycles. The average molecular weight is 341 g/mol. The molecule has 1 amide bonds. The summed E-state index contributed by atoms with van der Waals surface area (Å²) in [4.78, 5) is 12.0. The van der Waals surface area contributed by atoms with Crippen molar-refractivity contribution >= 4 is 18.3 Å². The summed E-state index contributed by atoms with van der Waals surface area (Å²) >= 11 is 0. The highest BCUT2D eigenvalue weighted by molar-refractivity contribution is 5.85. The predicted octanol–water partition coefficient (Wildman–Crippen LogP) is 2.09. The van der Waals surface area contributed by atoms with Crippen LogP contribution in [-0.4, -0.2) is 39.8 Å². The van der Waals surface area contributed by atoms with Gasteiger partial charge in [0.25, 0.3) is 0 Å². The summed E-state index contributed by atoms with van der Waals surface area (Å²) in [6.07, 6.45) is 4.28. The molecule has 6 heteroatoms. The van der Waals surface area contributed by atoms with E-state index in [9.17, 15) is 4.79 Å². The number of amides is 1. The first-order valence-electron chi connectivity index (χ1n) is 7.58. The molecule has 1 aromatic carbocycles. The van der Waals surface area contributed by atoms with Crippen LogP contribution in [0.1, 0.15) is 18.4 Å². The van der Waals surface area contributed by atoms with E-state index in [2.05, 4.69) is 16.7 Å². The van der Waals surface area contributed by atoms with Crippen molar-refractivity contribution in [2.24, 2.45) is 0 Å². The SMILES string of the molecule is COc1cc(CCC(=O)NCC2=CCNCC2)cc(OC)c1.Cl. The van der Waals surface area contributed by atoms with Gasteiger partial charge in [-0.05, 0) is 37.1 Å². The summed E-state index contributed by atoms with van der Waals surface area (Å²) in [6.45, 7) is 2.54. The minimum atomic E-state index is 0. The lowest BCUT2D eigenvalue weighted by Gasteiger charge is -2.14. The molecule has 1 aromatic rings. The number of carbonyl (C=O) groups is 1. The Balaban J connectivity index is 0.00000264. The van der Waals surface area contributed by atoms with Crippen LogP contribution in [0, 0.1) is 0 Å². The van der Waals surface area contributed by atoms with Gasteiger partial charge in [-0.2, -0.15) is 0 Å². The quantitative estimate of drug-likeness (QED) is 0.746. The molecule has 0 bridgehead atoms. The second kappa shape index (κ2) is 10.1. The molecule has 0 saturated carbocycles. The third-order valence-corrected chi connectivity index (χ3v) is 3.72. The first kappa shape index (κ1) is 19.3. The van der Waals surface area contributed by atoms with Crippen molar-refractivity contribution < 1.29 is 14.3 Å². The molecule has 0 aliphatic carbocycles. The van der Waals surface area contributed by atoms with Gasteiger partial charge < -0.3 is 20.1 Å². The molecular weight excluding hydrogens is 316 g/mol. The molecule has 2 rings (SSSR count). The van der Waals surface area contributed by atoms with Gasteiger partial charge in [0.2, 0.25) is 5.91 Å². The summed E-state index contributed by atoms with van der Waals surface area (Å²) < 4.78 is 10.5. The molecule has 1 heterocycles. The van der Waals surface area contributed by atoms with Gasteiger partial charge >= 0.3 is 0 Å². The molecule has 0 fully saturated rings. The molecule has 1 aliphatic rings. The fourth-order valence-corrected chi connectivity index (χ4v) is 2.40. The summed E-state index contributed by atoms with van der Waals surface area (Å²) in [7, 11) is 3.25. The lowest BCUT2D eigenvalue weighted by Crippen LogP contribution is -2.29. The fourth-order valence-electron chi connectivity index (χ4n) is 2.40. The van der Waals surface area contributed by atoms with E-state index in [0.29, 0.717) is 19.4 Å². The minimum Gasteiger partial charge on any atom is -0.497 e. The number of carbonyl (C=O) groups excluding carboxylic acids is 1. The van der Waals surface area contributed by atoms with Crippen LogP contribution in [0.25, 0.3) is 0 Å². The van der Waals surface area contributed by atoms with Gasteiger partial charge in [0, 0.05) is 25.6 Å². The highest BCUT2D eigenvalue weighted by Crippen LogP contribution is 2.23. The molecule has 2 N–H and O–H groups in total. The standard InChI is InChI=1S/C17H24N2O3.ClH/c1-21-15-9-14(10-16(11-15)22-2)3-4-17(20)19-12-13-5-7-18-8-6-13;/h5,9-11,18H,3-4,6-8,12H2,1-2H3,(H,19,20);1H. The molecule has 0 saturated heterocycles. The van der Waals surface area contributed by atoms with E-state index in [-0.39, 0.29) is 18.3 Å². The first-order chi connectivity index (χ1) is 10.7. The van der Waals surface area contributed by atoms with Gasteiger partial charge in [0.05, 0.1) is 14.2 Å². The van der Waals surface area contributed by atoms with Crippen LogP contribution in [0.15, 0.2) is 29.8 Å². The number of hydrogen-bond donors (Lipinski definition) is 2. The first-order valence-corrected chi connectivity index (χ1v) is 7.58. The van der Waals surface area contributed by atoms with E-state index < -0.39 is 0 Å². The van der Waals surface area contributed by atoms with E-state index in [1.165, 1.54) is 5.57 Å². The van der Waals surface area contributed by atoms with Crippen molar-refractivity contribution in [2.75, 3.05) is 33.9 Å². The molecular formula is C17H25ClN2O3. The number of rotatable bonds is 7. The Morgan fingerprint density at radius 2 is 1.91 bits per heavy atom. The molecule has 128 valence electrons. The van der Waals surface area contributed by atoms with Gasteiger partial charge in [-0.25, -0.2) is 0 Å². The molecule has 0 atom stereocenters. The molecule has 0 unspecified atom stereocenters. The van der Waals surface area contributed by atoms with Crippen molar-refractivity contribution in [2.45, 2.75) is 19.3 Å². The van der Waals surface area contributed by atoms with Gasteiger partial charge in [-0.15, -0.1) is 12.4 Å². The molecule has 23 heavy (non-hydrogen) atoms. The van der Waals surface area contributed by atoms with Crippen LogP contribution >= 0.6 is 12.4 Å². The maximum absolute atomic E-state index is 12.0. The van der Waals surface area contributed by atoms with Crippen molar-refractivity contribution in [3.05, 3.63) is 35.4 Å². The number of aryl methyl sites for hydroxylation is 1. The number of methoxy groups -OCH3 is 2. The zero-order chi connectivity index (χ0) is 15.8. The number of benzene rings is 1. The Kier molecular flexibility index (Phi) is 8.51. The Bertz CT molecular complexity index is 524. The smallest absolute Gasteiger partial charge is 0.220 e. The Morgan fingerprint density at radius 1 is 1.22 bits per heavy atom. The number of ether oxygens (including phenoxy) is 2. The van der Waals surface area contributed by atoms with Gasteiger partial charge in [-0.1, -0.05) is 11.6 Å². The Labute approximate surface area is 143 Å². The Hall–Kier alpha value is -1.72. The lowest BCUT2D eigenvalue weighted by molar-refractivity contribution is -0.120. The van der Waals surface area contributed by atoms with E-state index in [0.717, 1.165) is 36.6 Å². The zero-order valence-corrected chi connectivity index (χ0v) is 14.5. The van der Waals surface area contributed by atoms with Crippen molar-refractivity contribution in [3.8, 4) is 11.5 Å². The highest BCUT2D eigenvalue weighted by Gasteiger charge is 2.07. The zero-order valence-electron chi connectivity index (χ0n) is 13.7. The minimum absolute atomic E-state index is 0. The van der Waals surface area contributed by atoms with Crippen LogP contribution in [0.5, 0.6) is 11.5 Å². The topological polar surface area (TPSA) is 59.6 Å². The van der Waals surface area contributed by atoms with Crippen LogP contribution in [0.3, 0.4) is 0 Å². The second-order valence-electron chi connectivity index (χ2n) is 5.31. The largest absolute Gasteiger partial charge is 0.497 e. The Morgan fingerprint density at radius 3 is 2.48 bits per heavy atom. The molecule has 0 spiro atoms. The van der Waals surface area contributed by atoms with Crippen molar-refractivity contribution in [1.82, 2.24) is 10.6 Å². The molecule has 1 aliphatic heterocycles. The van der Waals surface area contributed by atoms with E-state index in [4.69, 9.17) is 9.47 Å². The van der Waals surface area contributed by atoms with Crippen LogP contribution in [0.4, 0.5) is 0 Å². The van der Waals surface area contributed by atoms with Gasteiger partial charge in [0.1, 0.15) is 11.5 Å². The highest BCUT2D eigenvalue weighted by atomic mass is 35.5. The van der Waals surface area contributed by atoms with Gasteiger partial charge in [-0.3, -0.25) is 4.79 Å². The maximum Gasteiger partial charge on any atom is 0.220 e. The third kappa shape index (κ3) is 6.50. The summed E-state index contributed by atoms with van der Waals surface area (Å²) in [5, 5.41) is 6.24. The predicted molar refractivity (Wildman–Crippen MR) is 93.7 cm³/mol. The number of hydrogen-bond acceptors (Lipinski definition) is 4. The third-order valence-electron chi connectivity index (χ3n) is 3.72. The monoisotopic (exact) mass is 340 g/mol. The van der Waals surface area contributed by atoms with Crippen LogP contribution < -0.4 is 20.1 Å². The number of halogens is 1. The fraction of sp³-hybridized carbons (Fsp3) is 0.471. The second-order valence-corrected chi connectivity index (χ2v) is 5.31. The summed E-state index contributed by atoms with van der Waals surface area (Å²) in [5.74, 6) is 1.56. The van der Waals surface area contributed by atoms with E-state index in [1.54, 1.807) is 14.2 Å². The van der Waals surface area contributed by atoms with Gasteiger partial charge in [0.15, 0.2) is 0 Å². The van der Waals surface area contributed by atoms with E-state index in [1.807, 2.05) is 18.2 Å². The lowest BCUT2D eigenvalue weighted by atomic mass is 10.1. The van der Waals surface area contributed by atoms with E-state index >= 15 is 0 Å². The summed E-state index contributed by atoms with van der Waals surface area (Å²) in [5.41, 5.74) is 2.34. The normalized spacial score (nSPS) is 13.6. The molecule has 5 nitrogen and oxygen atoms in total. The number of nitrogens with one attached hydrogen (secondary N) is 2. The average Bonchev–Trinajstić information content (AvgIpc) is 2.58. The maximum atomic E-state index is 12.0. The van der Waals surface area contributed by atoms with Crippen LogP contribution in [-0.2, 0) is 11.2 Å². The summed E-state index contributed by atoms with van der Waals surface area (Å²) in [6, 6.07) is 5.70. The van der Waals surface area contributed by atoms with Crippen molar-refractivity contribution in [3.63, 3.8) is 0 Å². The van der Waals surface area contributed by atoms with Crippen LogP contribution in [0.2, 0.25) is 0 Å². The van der Waals surface area contributed by atoms with Crippen molar-refractivity contribution in [1.29, 1.82) is 0 Å².